The number of aromatic carboxylic acids is 1. The Morgan fingerprint density at radius 1 is 1.21 bits per heavy atom. The first-order valence-electron chi connectivity index (χ1n) is 5.32. The van der Waals surface area contributed by atoms with Gasteiger partial charge in [0, 0.05) is 4.47 Å². The molecule has 0 spiro atoms. The zero-order valence-electron chi connectivity index (χ0n) is 9.65. The molecule has 0 fully saturated rings. The first-order valence-corrected chi connectivity index (χ1v) is 6.11. The van der Waals surface area contributed by atoms with Gasteiger partial charge in [-0.1, -0.05) is 15.9 Å². The maximum Gasteiger partial charge on any atom is 0.335 e. The van der Waals surface area contributed by atoms with E-state index in [-0.39, 0.29) is 16.9 Å². The number of nitrogens with one attached hydrogen (secondary N) is 1. The molecule has 0 unspecified atom stereocenters. The average molecular weight is 325 g/mol. The summed E-state index contributed by atoms with van der Waals surface area (Å²) < 4.78 is 14.3. The van der Waals surface area contributed by atoms with Gasteiger partial charge in [0.05, 0.1) is 22.6 Å². The maximum atomic E-state index is 13.6. The van der Waals surface area contributed by atoms with Crippen molar-refractivity contribution in [2.24, 2.45) is 0 Å². The van der Waals surface area contributed by atoms with Crippen molar-refractivity contribution in [1.82, 2.24) is 0 Å². The van der Waals surface area contributed by atoms with Crippen molar-refractivity contribution in [2.75, 3.05) is 11.1 Å². The van der Waals surface area contributed by atoms with Crippen molar-refractivity contribution in [1.29, 1.82) is 0 Å². The number of benzene rings is 2. The maximum absolute atomic E-state index is 13.6. The summed E-state index contributed by atoms with van der Waals surface area (Å²) in [6, 6.07) is 8.79. The number of hydrogen-bond acceptors (Lipinski definition) is 3. The number of anilines is 3. The Morgan fingerprint density at radius 2 is 1.89 bits per heavy atom. The van der Waals surface area contributed by atoms with Gasteiger partial charge in [0.15, 0.2) is 0 Å². The van der Waals surface area contributed by atoms with Gasteiger partial charge in [-0.2, -0.15) is 0 Å². The lowest BCUT2D eigenvalue weighted by atomic mass is 10.1. The van der Waals surface area contributed by atoms with E-state index < -0.39 is 11.8 Å². The van der Waals surface area contributed by atoms with E-state index in [1.807, 2.05) is 0 Å². The minimum absolute atomic E-state index is 0.0827. The molecule has 4 nitrogen and oxygen atoms in total. The van der Waals surface area contributed by atoms with Gasteiger partial charge in [0.25, 0.3) is 0 Å². The third-order valence-electron chi connectivity index (χ3n) is 2.50. The zero-order chi connectivity index (χ0) is 14.0. The van der Waals surface area contributed by atoms with Crippen LogP contribution in [0.25, 0.3) is 0 Å². The van der Waals surface area contributed by atoms with Crippen LogP contribution < -0.4 is 11.1 Å². The summed E-state index contributed by atoms with van der Waals surface area (Å²) in [5, 5.41) is 11.6. The Balaban J connectivity index is 2.31. The largest absolute Gasteiger partial charge is 0.478 e. The molecule has 0 aliphatic rings. The molecular weight excluding hydrogens is 315 g/mol. The minimum Gasteiger partial charge on any atom is -0.478 e. The van der Waals surface area contributed by atoms with Crippen LogP contribution in [0.4, 0.5) is 21.5 Å². The second kappa shape index (κ2) is 5.27. The van der Waals surface area contributed by atoms with Crippen LogP contribution in [0.1, 0.15) is 10.4 Å². The fourth-order valence-electron chi connectivity index (χ4n) is 1.55. The van der Waals surface area contributed by atoms with Crippen LogP contribution in [-0.4, -0.2) is 11.1 Å². The lowest BCUT2D eigenvalue weighted by Gasteiger charge is -2.11. The van der Waals surface area contributed by atoms with E-state index in [0.29, 0.717) is 10.2 Å². The van der Waals surface area contributed by atoms with E-state index in [9.17, 15) is 9.18 Å². The van der Waals surface area contributed by atoms with Gasteiger partial charge >= 0.3 is 5.97 Å². The molecule has 0 heterocycles. The summed E-state index contributed by atoms with van der Waals surface area (Å²) in [4.78, 5) is 10.8. The van der Waals surface area contributed by atoms with Gasteiger partial charge in [-0.25, -0.2) is 9.18 Å². The van der Waals surface area contributed by atoms with Crippen molar-refractivity contribution in [3.63, 3.8) is 0 Å². The minimum atomic E-state index is -1.06. The number of rotatable bonds is 3. The normalized spacial score (nSPS) is 10.2. The molecule has 2 aromatic carbocycles. The zero-order valence-corrected chi connectivity index (χ0v) is 11.2. The van der Waals surface area contributed by atoms with E-state index in [1.54, 1.807) is 12.1 Å². The van der Waals surface area contributed by atoms with Gasteiger partial charge < -0.3 is 16.2 Å². The van der Waals surface area contributed by atoms with Crippen molar-refractivity contribution < 1.29 is 14.3 Å². The summed E-state index contributed by atoms with van der Waals surface area (Å²) in [5.41, 5.74) is 6.76. The molecule has 4 N–H and O–H groups in total. The molecule has 98 valence electrons. The van der Waals surface area contributed by atoms with Crippen LogP contribution >= 0.6 is 15.9 Å². The SMILES string of the molecule is Nc1cc(C(=O)O)ccc1Nc1ccc(Br)cc1F. The quantitative estimate of drug-likeness (QED) is 0.754. The van der Waals surface area contributed by atoms with Gasteiger partial charge in [-0.15, -0.1) is 0 Å². The summed E-state index contributed by atoms with van der Waals surface area (Å²) in [6.45, 7) is 0. The number of carbonyl (C=O) groups is 1. The molecule has 0 aromatic heterocycles. The monoisotopic (exact) mass is 324 g/mol. The van der Waals surface area contributed by atoms with Gasteiger partial charge in [-0.3, -0.25) is 0 Å². The second-order valence-electron chi connectivity index (χ2n) is 3.86. The molecule has 19 heavy (non-hydrogen) atoms. The van der Waals surface area contributed by atoms with E-state index in [0.717, 1.165) is 0 Å². The van der Waals surface area contributed by atoms with Gasteiger partial charge in [0.2, 0.25) is 0 Å². The predicted octanol–water partition coefficient (Wildman–Crippen LogP) is 3.61. The highest BCUT2D eigenvalue weighted by atomic mass is 79.9. The molecule has 6 heteroatoms. The number of hydrogen-bond donors (Lipinski definition) is 3. The van der Waals surface area contributed by atoms with Crippen LogP contribution in [0, 0.1) is 5.82 Å². The lowest BCUT2D eigenvalue weighted by molar-refractivity contribution is 0.0697. The standard InChI is InChI=1S/C13H10BrFN2O2/c14-8-2-4-11(9(15)6-8)17-12-3-1-7(13(18)19)5-10(12)16/h1-6,17H,16H2,(H,18,19). The van der Waals surface area contributed by atoms with Crippen LogP contribution in [0.2, 0.25) is 0 Å². The first-order chi connectivity index (χ1) is 8.97. The Kier molecular flexibility index (Phi) is 3.71. The van der Waals surface area contributed by atoms with E-state index in [1.165, 1.54) is 24.3 Å². The third-order valence-corrected chi connectivity index (χ3v) is 2.99. The van der Waals surface area contributed by atoms with E-state index in [4.69, 9.17) is 10.8 Å². The molecule has 2 rings (SSSR count). The molecule has 0 atom stereocenters. The Bertz CT molecular complexity index is 647. The Hall–Kier alpha value is -2.08. The average Bonchev–Trinajstić information content (AvgIpc) is 2.34. The number of carboxylic acid groups (broad SMARTS) is 1. The van der Waals surface area contributed by atoms with Gasteiger partial charge in [-0.05, 0) is 36.4 Å². The predicted molar refractivity (Wildman–Crippen MR) is 75.2 cm³/mol. The molecule has 0 saturated heterocycles. The fourth-order valence-corrected chi connectivity index (χ4v) is 1.88. The lowest BCUT2D eigenvalue weighted by Crippen LogP contribution is -2.02. The number of nitrogens with two attached hydrogens (primary N) is 1. The van der Waals surface area contributed by atoms with E-state index in [2.05, 4.69) is 21.2 Å². The highest BCUT2D eigenvalue weighted by molar-refractivity contribution is 9.10. The molecule has 0 aliphatic heterocycles. The molecule has 0 radical (unpaired) electrons. The van der Waals surface area contributed by atoms with Crippen molar-refractivity contribution in [3.05, 3.63) is 52.3 Å². The van der Waals surface area contributed by atoms with Crippen LogP contribution in [0.15, 0.2) is 40.9 Å². The molecule has 0 aliphatic carbocycles. The summed E-state index contributed by atoms with van der Waals surface area (Å²) in [6.07, 6.45) is 0. The van der Waals surface area contributed by atoms with Crippen LogP contribution in [-0.2, 0) is 0 Å². The first kappa shape index (κ1) is 13.4. The number of halogens is 2. The van der Waals surface area contributed by atoms with E-state index >= 15 is 0 Å². The molecular formula is C13H10BrFN2O2. The molecule has 0 saturated carbocycles. The smallest absolute Gasteiger partial charge is 0.335 e. The Morgan fingerprint density at radius 3 is 2.47 bits per heavy atom. The van der Waals surface area contributed by atoms with Gasteiger partial charge in [0.1, 0.15) is 5.82 Å². The number of nitrogen functional groups attached to an aromatic ring is 1. The third kappa shape index (κ3) is 3.03. The highest BCUT2D eigenvalue weighted by Crippen LogP contribution is 2.27. The van der Waals surface area contributed by atoms with Crippen molar-refractivity contribution >= 4 is 39.0 Å². The highest BCUT2D eigenvalue weighted by Gasteiger charge is 2.08. The molecule has 0 bridgehead atoms. The fraction of sp³-hybridized carbons (Fsp3) is 0. The summed E-state index contributed by atoms with van der Waals surface area (Å²) in [7, 11) is 0. The topological polar surface area (TPSA) is 75.4 Å². The second-order valence-corrected chi connectivity index (χ2v) is 4.77. The Labute approximate surface area is 117 Å². The number of carboxylic acids is 1. The summed E-state index contributed by atoms with van der Waals surface area (Å²) >= 11 is 3.16. The van der Waals surface area contributed by atoms with Crippen LogP contribution in [0.3, 0.4) is 0 Å². The van der Waals surface area contributed by atoms with Crippen molar-refractivity contribution in [2.45, 2.75) is 0 Å². The molecule has 2 aromatic rings. The van der Waals surface area contributed by atoms with Crippen molar-refractivity contribution in [3.8, 4) is 0 Å². The summed E-state index contributed by atoms with van der Waals surface area (Å²) in [5.74, 6) is -1.50. The van der Waals surface area contributed by atoms with Crippen LogP contribution in [0.5, 0.6) is 0 Å². The molecule has 0 amide bonds.